The molecule has 0 atom stereocenters. The largest absolute Gasteiger partial charge is 0.550 e. The van der Waals surface area contributed by atoms with Crippen molar-refractivity contribution < 1.29 is 39.9 Å². The first-order valence-electron chi connectivity index (χ1n) is 8.52. The quantitative estimate of drug-likeness (QED) is 0.277. The molecule has 25 heavy (non-hydrogen) atoms. The number of hydrogen-bond donors (Lipinski definition) is 3. The molecule has 0 saturated heterocycles. The predicted octanol–water partition coefficient (Wildman–Crippen LogP) is 3.76. The van der Waals surface area contributed by atoms with Gasteiger partial charge in [-0.15, -0.1) is 0 Å². The molecule has 0 radical (unpaired) electrons. The minimum Gasteiger partial charge on any atom is -0.550 e. The van der Waals surface area contributed by atoms with E-state index in [9.17, 15) is 9.90 Å². The van der Waals surface area contributed by atoms with Gasteiger partial charge in [-0.05, 0) is 38.4 Å². The monoisotopic (exact) mass is 406 g/mol. The van der Waals surface area contributed by atoms with Crippen molar-refractivity contribution in [3.8, 4) is 0 Å². The number of hydrogen-bond acceptors (Lipinski definition) is 5. The van der Waals surface area contributed by atoms with E-state index in [1.54, 1.807) is 0 Å². The molecule has 144 valence electrons. The van der Waals surface area contributed by atoms with Crippen molar-refractivity contribution in [3.63, 3.8) is 0 Å². The summed E-state index contributed by atoms with van der Waals surface area (Å²) in [6.07, 6.45) is 5.61. The van der Waals surface area contributed by atoms with Crippen LogP contribution in [0.4, 0.5) is 0 Å². The van der Waals surface area contributed by atoms with Gasteiger partial charge in [-0.2, -0.15) is 0 Å². The number of carboxylic acids is 1. The second-order valence-electron chi connectivity index (χ2n) is 5.60. The van der Waals surface area contributed by atoms with E-state index in [2.05, 4.69) is 50.4 Å². The van der Waals surface area contributed by atoms with Crippen molar-refractivity contribution in [2.75, 3.05) is 14.1 Å². The van der Waals surface area contributed by atoms with Gasteiger partial charge in [-0.3, -0.25) is 10.5 Å². The maximum absolute atomic E-state index is 9.92. The van der Waals surface area contributed by atoms with Gasteiger partial charge in [0.15, 0.2) is 0 Å². The zero-order valence-electron chi connectivity index (χ0n) is 16.6. The van der Waals surface area contributed by atoms with Crippen LogP contribution in [0.5, 0.6) is 0 Å². The summed E-state index contributed by atoms with van der Waals surface area (Å²) in [5, 5.41) is 24.7. The Labute approximate surface area is 166 Å². The number of nitrogens with one attached hydrogen (secondary N) is 1. The van der Waals surface area contributed by atoms with Crippen LogP contribution in [0.2, 0.25) is 0 Å². The number of carbonyl (C=O) groups excluding carboxylic acids is 1. The van der Waals surface area contributed by atoms with Crippen LogP contribution in [0, 0.1) is 0 Å². The van der Waals surface area contributed by atoms with E-state index in [1.807, 2.05) is 20.2 Å². The third-order valence-electron chi connectivity index (χ3n) is 2.95. The molecule has 0 aromatic heterocycles. The van der Waals surface area contributed by atoms with E-state index in [0.717, 1.165) is 19.3 Å². The average molecular weight is 408 g/mol. The number of unbranched alkanes of at least 4 members (excludes halogenated alkanes) is 4. The Morgan fingerprint density at radius 3 is 1.80 bits per heavy atom. The average Bonchev–Trinajstić information content (AvgIpc) is 2.58. The van der Waals surface area contributed by atoms with Crippen molar-refractivity contribution in [1.29, 1.82) is 0 Å². The summed E-state index contributed by atoms with van der Waals surface area (Å²) >= 11 is 0. The first-order valence-corrected chi connectivity index (χ1v) is 8.52. The van der Waals surface area contributed by atoms with Crippen LogP contribution < -0.4 is 10.4 Å². The van der Waals surface area contributed by atoms with E-state index in [4.69, 9.17) is 10.5 Å². The van der Waals surface area contributed by atoms with Crippen molar-refractivity contribution >= 4 is 5.97 Å². The van der Waals surface area contributed by atoms with E-state index < -0.39 is 5.97 Å². The van der Waals surface area contributed by atoms with Crippen LogP contribution >= 0.6 is 0 Å². The van der Waals surface area contributed by atoms with Gasteiger partial charge in [0.25, 0.3) is 0 Å². The van der Waals surface area contributed by atoms with Crippen molar-refractivity contribution in [2.24, 2.45) is 0 Å². The molecule has 5 nitrogen and oxygen atoms in total. The van der Waals surface area contributed by atoms with Crippen LogP contribution in [0.15, 0.2) is 30.3 Å². The van der Waals surface area contributed by atoms with Gasteiger partial charge in [-0.25, -0.2) is 0 Å². The molecule has 1 rings (SSSR count). The molecule has 0 amide bonds. The third kappa shape index (κ3) is 31.5. The Hall–Kier alpha value is -0.807. The van der Waals surface area contributed by atoms with Crippen LogP contribution in [-0.2, 0) is 24.3 Å². The standard InChI is InChI=1S/C9H12.C8H16O2.C2H7N.H2O2.Zn/c1-8(2)9-6-4-3-5-7-9;1-2-3-4-5-6-7-8(9)10;1-3-2;1-2;/h3-8H,1-2H3;2-7H2,1H3,(H,9,10);3H,1-2H3;1-2H;/p-1. The van der Waals surface area contributed by atoms with Gasteiger partial charge in [-0.1, -0.05) is 76.8 Å². The maximum atomic E-state index is 9.92. The van der Waals surface area contributed by atoms with Gasteiger partial charge >= 0.3 is 0 Å². The van der Waals surface area contributed by atoms with E-state index in [0.29, 0.717) is 5.92 Å². The molecule has 1 aromatic carbocycles. The number of rotatable bonds is 7. The van der Waals surface area contributed by atoms with Crippen molar-refractivity contribution in [2.45, 2.75) is 65.2 Å². The summed E-state index contributed by atoms with van der Waals surface area (Å²) in [5.41, 5.74) is 1.41. The Morgan fingerprint density at radius 2 is 1.48 bits per heavy atom. The molecular weight excluding hydrogens is 372 g/mol. The van der Waals surface area contributed by atoms with E-state index >= 15 is 0 Å². The molecule has 6 heteroatoms. The second-order valence-corrected chi connectivity index (χ2v) is 5.60. The summed E-state index contributed by atoms with van der Waals surface area (Å²) in [5.74, 6) is -0.261. The number of aliphatic carboxylic acids is 1. The zero-order chi connectivity index (χ0) is 19.2. The Kier molecular flexibility index (Phi) is 35.8. The molecule has 0 fully saturated rings. The summed E-state index contributed by atoms with van der Waals surface area (Å²) < 4.78 is 0. The molecular formula is C19H36NO4Zn-. The Morgan fingerprint density at radius 1 is 1.04 bits per heavy atom. The van der Waals surface area contributed by atoms with Crippen LogP contribution in [-0.4, -0.2) is 30.6 Å². The predicted molar refractivity (Wildman–Crippen MR) is 99.2 cm³/mol. The van der Waals surface area contributed by atoms with Gasteiger partial charge < -0.3 is 15.2 Å². The van der Waals surface area contributed by atoms with Gasteiger partial charge in [0.2, 0.25) is 0 Å². The summed E-state index contributed by atoms with van der Waals surface area (Å²) in [6, 6.07) is 10.5. The molecule has 0 aliphatic rings. The minimum absolute atomic E-state index is 0. The zero-order valence-corrected chi connectivity index (χ0v) is 19.6. The molecule has 0 spiro atoms. The molecule has 0 heterocycles. The molecule has 1 aromatic rings. The molecule has 0 aliphatic heterocycles. The molecule has 0 unspecified atom stereocenters. The number of carbonyl (C=O) groups is 1. The van der Waals surface area contributed by atoms with Crippen LogP contribution in [0.25, 0.3) is 0 Å². The maximum Gasteiger partial charge on any atom is 0.0414 e. The van der Waals surface area contributed by atoms with E-state index in [-0.39, 0.29) is 25.9 Å². The fraction of sp³-hybridized carbons (Fsp3) is 0.632. The van der Waals surface area contributed by atoms with Crippen molar-refractivity contribution in [3.05, 3.63) is 35.9 Å². The smallest absolute Gasteiger partial charge is 0.0414 e. The Balaban J connectivity index is -0.000000136. The topological polar surface area (TPSA) is 92.6 Å². The minimum atomic E-state index is -0.920. The Bertz CT molecular complexity index is 349. The van der Waals surface area contributed by atoms with Crippen LogP contribution in [0.3, 0.4) is 0 Å². The normalized spacial score (nSPS) is 8.48. The number of benzene rings is 1. The summed E-state index contributed by atoms with van der Waals surface area (Å²) in [7, 11) is 3.75. The molecule has 0 saturated carbocycles. The SMILES string of the molecule is CC(C)c1ccccc1.CCCCCCCC(=O)[O-].CNC.OO.[Zn]. The summed E-state index contributed by atoms with van der Waals surface area (Å²) in [6.45, 7) is 6.55. The van der Waals surface area contributed by atoms with Crippen molar-refractivity contribution in [1.82, 2.24) is 5.32 Å². The fourth-order valence-electron chi connectivity index (χ4n) is 1.71. The summed E-state index contributed by atoms with van der Waals surface area (Å²) in [4.78, 5) is 9.92. The van der Waals surface area contributed by atoms with Gasteiger partial charge in [0.1, 0.15) is 0 Å². The van der Waals surface area contributed by atoms with Gasteiger partial charge in [0, 0.05) is 25.4 Å². The molecule has 3 N–H and O–H groups in total. The van der Waals surface area contributed by atoms with Gasteiger partial charge in [0.05, 0.1) is 0 Å². The third-order valence-corrected chi connectivity index (χ3v) is 2.95. The second kappa shape index (κ2) is 28.0. The molecule has 0 aliphatic carbocycles. The first kappa shape index (κ1) is 31.9. The molecule has 0 bridgehead atoms. The fourth-order valence-corrected chi connectivity index (χ4v) is 1.71. The van der Waals surface area contributed by atoms with E-state index in [1.165, 1.54) is 18.4 Å². The van der Waals surface area contributed by atoms with Crippen LogP contribution in [0.1, 0.15) is 70.8 Å². The first-order chi connectivity index (χ1) is 11.5. The number of carboxylic acid groups (broad SMARTS) is 1.